The molecule has 1 N–H and O–H groups in total. The van der Waals surface area contributed by atoms with Crippen LogP contribution in [0.3, 0.4) is 0 Å². The van der Waals surface area contributed by atoms with Gasteiger partial charge >= 0.3 is 0 Å². The van der Waals surface area contributed by atoms with Gasteiger partial charge in [0.1, 0.15) is 19.0 Å². The molecule has 4 aromatic carbocycles. The fraction of sp³-hybridized carbons (Fsp3) is 0.200. The average Bonchev–Trinajstić information content (AvgIpc) is 2.91. The van der Waals surface area contributed by atoms with Crippen molar-refractivity contribution in [2.45, 2.75) is 19.1 Å². The van der Waals surface area contributed by atoms with E-state index in [9.17, 15) is 0 Å². The number of para-hydroxylation sites is 1. The quantitative estimate of drug-likeness (QED) is 0.293. The van der Waals surface area contributed by atoms with Crippen molar-refractivity contribution in [1.29, 1.82) is 0 Å². The minimum Gasteiger partial charge on any atom is -0.493 e. The minimum absolute atomic E-state index is 0.0917. The van der Waals surface area contributed by atoms with E-state index in [1.165, 1.54) is 5.56 Å². The molecule has 0 saturated heterocycles. The molecule has 0 unspecified atom stereocenters. The Hall–Kier alpha value is -3.76. The van der Waals surface area contributed by atoms with E-state index in [4.69, 9.17) is 14.2 Å². The molecule has 0 saturated carbocycles. The lowest BCUT2D eigenvalue weighted by molar-refractivity contribution is 0.280. The first kappa shape index (κ1) is 23.4. The van der Waals surface area contributed by atoms with E-state index in [2.05, 4.69) is 47.8 Å². The number of rotatable bonds is 11. The summed E-state index contributed by atoms with van der Waals surface area (Å²) in [5.74, 6) is 2.45. The highest BCUT2D eigenvalue weighted by Gasteiger charge is 2.21. The van der Waals surface area contributed by atoms with E-state index in [0.717, 1.165) is 40.5 Å². The molecule has 0 radical (unpaired) electrons. The number of methoxy groups -OCH3 is 1. The lowest BCUT2D eigenvalue weighted by Crippen LogP contribution is -2.19. The van der Waals surface area contributed by atoms with Crippen LogP contribution in [0.15, 0.2) is 103 Å². The Morgan fingerprint density at radius 3 is 1.88 bits per heavy atom. The molecule has 4 aromatic rings. The molecule has 0 amide bonds. The maximum atomic E-state index is 6.33. The van der Waals surface area contributed by atoms with E-state index in [0.29, 0.717) is 13.2 Å². The van der Waals surface area contributed by atoms with Crippen molar-refractivity contribution in [3.8, 4) is 17.2 Å². The summed E-state index contributed by atoms with van der Waals surface area (Å²) >= 11 is 0. The Morgan fingerprint density at radius 2 is 1.29 bits per heavy atom. The molecular weight excluding hydrogens is 422 g/mol. The summed E-state index contributed by atoms with van der Waals surface area (Å²) in [6, 6.07) is 34.8. The second kappa shape index (κ2) is 11.9. The van der Waals surface area contributed by atoms with Gasteiger partial charge in [-0.3, -0.25) is 0 Å². The fourth-order valence-corrected chi connectivity index (χ4v) is 4.00. The van der Waals surface area contributed by atoms with Crippen LogP contribution in [0.2, 0.25) is 0 Å². The Kier molecular flexibility index (Phi) is 8.20. The molecule has 0 aromatic heterocycles. The van der Waals surface area contributed by atoms with Crippen molar-refractivity contribution in [3.63, 3.8) is 0 Å². The van der Waals surface area contributed by atoms with Crippen LogP contribution in [-0.4, -0.2) is 20.7 Å². The van der Waals surface area contributed by atoms with Crippen LogP contribution in [0.1, 0.15) is 28.2 Å². The third-order valence-corrected chi connectivity index (χ3v) is 5.77. The third kappa shape index (κ3) is 5.97. The van der Waals surface area contributed by atoms with Crippen LogP contribution >= 0.6 is 0 Å². The third-order valence-electron chi connectivity index (χ3n) is 5.77. The molecule has 4 rings (SSSR count). The molecule has 4 heteroatoms. The lowest BCUT2D eigenvalue weighted by Gasteiger charge is -2.23. The SMILES string of the molecule is CNC[C@H](c1ccc(OCc2ccccc2)cc1)c1cccc(OC)c1OCc1ccccc1. The Balaban J connectivity index is 1.56. The number of likely N-dealkylation sites (N-methyl/N-ethyl adjacent to an activating group) is 1. The molecule has 0 aliphatic heterocycles. The average molecular weight is 454 g/mol. The number of benzene rings is 4. The van der Waals surface area contributed by atoms with Crippen LogP contribution in [-0.2, 0) is 13.2 Å². The number of hydrogen-bond acceptors (Lipinski definition) is 4. The zero-order valence-electron chi connectivity index (χ0n) is 19.7. The number of nitrogens with one attached hydrogen (secondary N) is 1. The van der Waals surface area contributed by atoms with Crippen LogP contribution in [0, 0.1) is 0 Å². The first-order valence-corrected chi connectivity index (χ1v) is 11.5. The van der Waals surface area contributed by atoms with Crippen LogP contribution < -0.4 is 19.5 Å². The zero-order valence-corrected chi connectivity index (χ0v) is 19.7. The van der Waals surface area contributed by atoms with E-state index >= 15 is 0 Å². The van der Waals surface area contributed by atoms with E-state index in [1.54, 1.807) is 7.11 Å². The van der Waals surface area contributed by atoms with Gasteiger partial charge in [-0.1, -0.05) is 84.9 Å². The predicted octanol–water partition coefficient (Wildman–Crippen LogP) is 6.20. The van der Waals surface area contributed by atoms with E-state index < -0.39 is 0 Å². The summed E-state index contributed by atoms with van der Waals surface area (Å²) in [5.41, 5.74) is 4.53. The molecule has 0 fully saturated rings. The topological polar surface area (TPSA) is 39.7 Å². The molecular formula is C30H31NO3. The van der Waals surface area contributed by atoms with Gasteiger partial charge in [0.15, 0.2) is 11.5 Å². The van der Waals surface area contributed by atoms with Gasteiger partial charge in [-0.05, 0) is 41.9 Å². The largest absolute Gasteiger partial charge is 0.493 e. The number of hydrogen-bond donors (Lipinski definition) is 1. The Morgan fingerprint density at radius 1 is 0.676 bits per heavy atom. The molecule has 0 heterocycles. The van der Waals surface area contributed by atoms with Crippen molar-refractivity contribution >= 4 is 0 Å². The fourth-order valence-electron chi connectivity index (χ4n) is 4.00. The zero-order chi connectivity index (χ0) is 23.6. The highest BCUT2D eigenvalue weighted by atomic mass is 16.5. The molecule has 4 nitrogen and oxygen atoms in total. The van der Waals surface area contributed by atoms with Crippen molar-refractivity contribution in [2.24, 2.45) is 0 Å². The normalized spacial score (nSPS) is 11.6. The van der Waals surface area contributed by atoms with Gasteiger partial charge in [0.25, 0.3) is 0 Å². The van der Waals surface area contributed by atoms with Gasteiger partial charge in [0, 0.05) is 18.0 Å². The standard InChI is InChI=1S/C30H31NO3/c1-31-20-28(25-16-18-26(19-17-25)33-21-23-10-5-3-6-11-23)27-14-9-15-29(32-2)30(27)34-22-24-12-7-4-8-13-24/h3-19,28,31H,20-22H2,1-2H3/t28-/m1/s1. The van der Waals surface area contributed by atoms with Gasteiger partial charge in [-0.2, -0.15) is 0 Å². The molecule has 0 bridgehead atoms. The van der Waals surface area contributed by atoms with Gasteiger partial charge in [-0.15, -0.1) is 0 Å². The highest BCUT2D eigenvalue weighted by molar-refractivity contribution is 5.51. The predicted molar refractivity (Wildman–Crippen MR) is 137 cm³/mol. The van der Waals surface area contributed by atoms with Crippen molar-refractivity contribution in [2.75, 3.05) is 20.7 Å². The molecule has 0 aliphatic rings. The second-order valence-corrected chi connectivity index (χ2v) is 8.11. The first-order valence-electron chi connectivity index (χ1n) is 11.5. The van der Waals surface area contributed by atoms with Crippen LogP contribution in [0.4, 0.5) is 0 Å². The van der Waals surface area contributed by atoms with Gasteiger partial charge in [0.05, 0.1) is 7.11 Å². The first-order chi connectivity index (χ1) is 16.8. The molecule has 0 aliphatic carbocycles. The maximum absolute atomic E-state index is 6.33. The maximum Gasteiger partial charge on any atom is 0.165 e. The summed E-state index contributed by atoms with van der Waals surface area (Å²) in [6.07, 6.45) is 0. The summed E-state index contributed by atoms with van der Waals surface area (Å²) in [6.45, 7) is 1.79. The molecule has 1 atom stereocenters. The number of ether oxygens (including phenoxy) is 3. The molecule has 0 spiro atoms. The monoisotopic (exact) mass is 453 g/mol. The second-order valence-electron chi connectivity index (χ2n) is 8.11. The van der Waals surface area contributed by atoms with Crippen molar-refractivity contribution in [1.82, 2.24) is 5.32 Å². The van der Waals surface area contributed by atoms with Crippen molar-refractivity contribution in [3.05, 3.63) is 125 Å². The van der Waals surface area contributed by atoms with E-state index in [-0.39, 0.29) is 5.92 Å². The van der Waals surface area contributed by atoms with Gasteiger partial charge in [-0.25, -0.2) is 0 Å². The lowest BCUT2D eigenvalue weighted by atomic mass is 9.90. The summed E-state index contributed by atoms with van der Waals surface area (Å²) in [5, 5.41) is 3.34. The van der Waals surface area contributed by atoms with Crippen LogP contribution in [0.25, 0.3) is 0 Å². The summed E-state index contributed by atoms with van der Waals surface area (Å²) < 4.78 is 18.0. The molecule has 174 valence electrons. The van der Waals surface area contributed by atoms with Crippen molar-refractivity contribution < 1.29 is 14.2 Å². The van der Waals surface area contributed by atoms with E-state index in [1.807, 2.05) is 67.7 Å². The smallest absolute Gasteiger partial charge is 0.165 e. The Labute approximate surface area is 202 Å². The van der Waals surface area contributed by atoms with Crippen LogP contribution in [0.5, 0.6) is 17.2 Å². The summed E-state index contributed by atoms with van der Waals surface area (Å²) in [4.78, 5) is 0. The minimum atomic E-state index is 0.0917. The molecule has 34 heavy (non-hydrogen) atoms. The van der Waals surface area contributed by atoms with Gasteiger partial charge < -0.3 is 19.5 Å². The summed E-state index contributed by atoms with van der Waals surface area (Å²) in [7, 11) is 3.65. The Bertz CT molecular complexity index is 1140. The van der Waals surface area contributed by atoms with Gasteiger partial charge in [0.2, 0.25) is 0 Å². The highest BCUT2D eigenvalue weighted by Crippen LogP contribution is 2.39.